The first-order valence-corrected chi connectivity index (χ1v) is 22.0. The van der Waals surface area contributed by atoms with Gasteiger partial charge < -0.3 is 9.13 Å². The molecule has 0 saturated carbocycles. The van der Waals surface area contributed by atoms with Crippen LogP contribution in [-0.2, 0) is 5.41 Å². The van der Waals surface area contributed by atoms with Crippen molar-refractivity contribution >= 4 is 54.4 Å². The molecule has 2 aromatic heterocycles. The number of hydrogen-bond donors (Lipinski definition) is 0. The first kappa shape index (κ1) is 35.8. The smallest absolute Gasteiger partial charge is 0.0547 e. The molecule has 0 radical (unpaired) electrons. The van der Waals surface area contributed by atoms with Gasteiger partial charge in [0.1, 0.15) is 0 Å². The van der Waals surface area contributed by atoms with Crippen LogP contribution in [0.15, 0.2) is 218 Å². The van der Waals surface area contributed by atoms with Gasteiger partial charge >= 0.3 is 0 Å². The largest absolute Gasteiger partial charge is 0.309 e. The van der Waals surface area contributed by atoms with Crippen molar-refractivity contribution in [2.24, 2.45) is 0 Å². The summed E-state index contributed by atoms with van der Waals surface area (Å²) in [6, 6.07) is 80.9. The third-order valence-electron chi connectivity index (χ3n) is 13.9. The summed E-state index contributed by atoms with van der Waals surface area (Å²) >= 11 is 0. The van der Waals surface area contributed by atoms with Gasteiger partial charge in [0.2, 0.25) is 0 Å². The first-order valence-electron chi connectivity index (χ1n) is 22.0. The Bertz CT molecular complexity index is 3800. The molecule has 296 valence electrons. The normalized spacial score (nSPS) is 13.0. The highest BCUT2D eigenvalue weighted by molar-refractivity contribution is 6.11. The van der Waals surface area contributed by atoms with E-state index < -0.39 is 0 Å². The molecule has 0 fully saturated rings. The summed E-state index contributed by atoms with van der Waals surface area (Å²) in [5.74, 6) is 0. The maximum atomic E-state index is 2.47. The van der Waals surface area contributed by atoms with E-state index in [4.69, 9.17) is 0 Å². The first-order chi connectivity index (χ1) is 31.0. The molecule has 1 aliphatic carbocycles. The average molecular weight is 803 g/mol. The lowest BCUT2D eigenvalue weighted by molar-refractivity contribution is 0.660. The zero-order chi connectivity index (χ0) is 41.8. The maximum absolute atomic E-state index is 2.47. The minimum Gasteiger partial charge on any atom is -0.309 e. The standard InChI is InChI=1S/C61H42N2/c1-61(2)55-17-9-6-14-49(55)50-33-30-48(38-56(50)61)63-58-19-11-8-16-52(58)54-32-28-46(37-60(54)63)41-22-20-40(21-23-41)45-27-31-53-51-15-7-10-18-57(51)62(59(53)36-45)47-29-26-43-34-42(24-25-44(43)35-47)39-12-4-3-5-13-39/h3-38H,1-2H3. The molecule has 0 spiro atoms. The molecular formula is C61H42N2. The minimum absolute atomic E-state index is 0.0706. The molecule has 0 aliphatic heterocycles. The fourth-order valence-electron chi connectivity index (χ4n) is 10.7. The van der Waals surface area contributed by atoms with E-state index in [0.717, 1.165) is 5.69 Å². The molecule has 13 rings (SSSR count). The van der Waals surface area contributed by atoms with Crippen LogP contribution in [0.1, 0.15) is 25.0 Å². The number of hydrogen-bond acceptors (Lipinski definition) is 0. The van der Waals surface area contributed by atoms with Crippen LogP contribution in [0.5, 0.6) is 0 Å². The third kappa shape index (κ3) is 5.44. The molecule has 2 nitrogen and oxygen atoms in total. The number of para-hydroxylation sites is 2. The fourth-order valence-corrected chi connectivity index (χ4v) is 10.7. The molecule has 0 bridgehead atoms. The Labute approximate surface area is 366 Å². The quantitative estimate of drug-likeness (QED) is 0.164. The van der Waals surface area contributed by atoms with Crippen LogP contribution >= 0.6 is 0 Å². The van der Waals surface area contributed by atoms with Crippen molar-refractivity contribution in [1.29, 1.82) is 0 Å². The molecule has 0 saturated heterocycles. The van der Waals surface area contributed by atoms with E-state index in [2.05, 4.69) is 241 Å². The Kier molecular flexibility index (Phi) is 7.68. The lowest BCUT2D eigenvalue weighted by Crippen LogP contribution is -2.15. The molecule has 1 aliphatic rings. The zero-order valence-corrected chi connectivity index (χ0v) is 35.2. The van der Waals surface area contributed by atoms with Gasteiger partial charge in [-0.15, -0.1) is 0 Å². The molecule has 0 unspecified atom stereocenters. The second kappa shape index (κ2) is 13.5. The molecule has 0 N–H and O–H groups in total. The van der Waals surface area contributed by atoms with Crippen molar-refractivity contribution in [1.82, 2.24) is 9.13 Å². The van der Waals surface area contributed by atoms with Gasteiger partial charge in [-0.1, -0.05) is 178 Å². The molecular weight excluding hydrogens is 761 g/mol. The Hall–Kier alpha value is -7.94. The van der Waals surface area contributed by atoms with Crippen molar-refractivity contribution in [3.63, 3.8) is 0 Å². The molecule has 2 heterocycles. The van der Waals surface area contributed by atoms with E-state index in [1.165, 1.54) is 116 Å². The van der Waals surface area contributed by atoms with Crippen LogP contribution in [0.25, 0.3) is 110 Å². The highest BCUT2D eigenvalue weighted by atomic mass is 15.0. The summed E-state index contributed by atoms with van der Waals surface area (Å²) in [5, 5.41) is 7.51. The van der Waals surface area contributed by atoms with Crippen molar-refractivity contribution < 1.29 is 0 Å². The monoisotopic (exact) mass is 802 g/mol. The van der Waals surface area contributed by atoms with E-state index in [0.29, 0.717) is 0 Å². The van der Waals surface area contributed by atoms with Crippen LogP contribution in [0.4, 0.5) is 0 Å². The van der Waals surface area contributed by atoms with Crippen molar-refractivity contribution in [2.75, 3.05) is 0 Å². The second-order valence-electron chi connectivity index (χ2n) is 17.8. The maximum Gasteiger partial charge on any atom is 0.0547 e. The number of nitrogens with zero attached hydrogens (tertiary/aromatic N) is 2. The zero-order valence-electron chi connectivity index (χ0n) is 35.2. The van der Waals surface area contributed by atoms with Crippen LogP contribution in [-0.4, -0.2) is 9.13 Å². The summed E-state index contributed by atoms with van der Waals surface area (Å²) in [6.45, 7) is 4.72. The molecule has 2 heteroatoms. The fraction of sp³-hybridized carbons (Fsp3) is 0.0492. The van der Waals surface area contributed by atoms with Crippen LogP contribution in [0.3, 0.4) is 0 Å². The summed E-state index contributed by atoms with van der Waals surface area (Å²) in [4.78, 5) is 0. The topological polar surface area (TPSA) is 9.86 Å². The van der Waals surface area contributed by atoms with Gasteiger partial charge in [0, 0.05) is 38.3 Å². The highest BCUT2D eigenvalue weighted by Gasteiger charge is 2.35. The van der Waals surface area contributed by atoms with Crippen LogP contribution in [0, 0.1) is 0 Å². The van der Waals surface area contributed by atoms with Gasteiger partial charge in [0.25, 0.3) is 0 Å². The van der Waals surface area contributed by atoms with Crippen LogP contribution in [0.2, 0.25) is 0 Å². The second-order valence-corrected chi connectivity index (χ2v) is 17.8. The van der Waals surface area contributed by atoms with Gasteiger partial charge in [-0.05, 0) is 121 Å². The third-order valence-corrected chi connectivity index (χ3v) is 13.9. The summed E-state index contributed by atoms with van der Waals surface area (Å²) in [5.41, 5.74) is 19.9. The Morgan fingerprint density at radius 1 is 0.286 bits per heavy atom. The van der Waals surface area contributed by atoms with Gasteiger partial charge in [-0.2, -0.15) is 0 Å². The highest BCUT2D eigenvalue weighted by Crippen LogP contribution is 2.49. The lowest BCUT2D eigenvalue weighted by Gasteiger charge is -2.22. The van der Waals surface area contributed by atoms with Gasteiger partial charge in [-0.3, -0.25) is 0 Å². The number of fused-ring (bicyclic) bond motifs is 10. The van der Waals surface area contributed by atoms with Crippen molar-refractivity contribution in [2.45, 2.75) is 19.3 Å². The SMILES string of the molecule is CC1(C)c2ccccc2-c2ccc(-n3c4ccccc4c4ccc(-c5ccc(-c6ccc7c8ccccc8n(-c8ccc9cc(-c%10ccccc%10)ccc9c8)c7c6)cc5)cc43)cc21. The van der Waals surface area contributed by atoms with Crippen LogP contribution < -0.4 is 0 Å². The molecule has 63 heavy (non-hydrogen) atoms. The van der Waals surface area contributed by atoms with E-state index in [9.17, 15) is 0 Å². The predicted molar refractivity (Wildman–Crippen MR) is 266 cm³/mol. The number of benzene rings is 10. The Balaban J connectivity index is 0.883. The molecule has 0 amide bonds. The Morgan fingerprint density at radius 3 is 1.40 bits per heavy atom. The van der Waals surface area contributed by atoms with E-state index in [-0.39, 0.29) is 5.41 Å². The molecule has 0 atom stereocenters. The summed E-state index contributed by atoms with van der Waals surface area (Å²) < 4.78 is 4.90. The van der Waals surface area contributed by atoms with E-state index >= 15 is 0 Å². The summed E-state index contributed by atoms with van der Waals surface area (Å²) in [7, 11) is 0. The average Bonchev–Trinajstić information content (AvgIpc) is 3.93. The lowest BCUT2D eigenvalue weighted by atomic mass is 9.82. The Morgan fingerprint density at radius 2 is 0.730 bits per heavy atom. The number of rotatable bonds is 5. The minimum atomic E-state index is -0.0706. The van der Waals surface area contributed by atoms with Crippen molar-refractivity contribution in [3.05, 3.63) is 230 Å². The van der Waals surface area contributed by atoms with E-state index in [1.54, 1.807) is 0 Å². The van der Waals surface area contributed by atoms with Gasteiger partial charge in [-0.25, -0.2) is 0 Å². The van der Waals surface area contributed by atoms with Gasteiger partial charge in [0.15, 0.2) is 0 Å². The van der Waals surface area contributed by atoms with E-state index in [1.807, 2.05) is 0 Å². The van der Waals surface area contributed by atoms with Gasteiger partial charge in [0.05, 0.1) is 22.1 Å². The number of aromatic nitrogens is 2. The van der Waals surface area contributed by atoms with Crippen molar-refractivity contribution in [3.8, 4) is 55.9 Å². The molecule has 12 aromatic rings. The molecule has 10 aromatic carbocycles. The summed E-state index contributed by atoms with van der Waals surface area (Å²) in [6.07, 6.45) is 0. The predicted octanol–water partition coefficient (Wildman–Crippen LogP) is 16.3.